The first-order chi connectivity index (χ1) is 10.1. The number of ether oxygens (including phenoxy) is 2. The van der Waals surface area contributed by atoms with Crippen molar-refractivity contribution in [3.63, 3.8) is 0 Å². The van der Waals surface area contributed by atoms with E-state index < -0.39 is 0 Å². The number of hydrogen-bond acceptors (Lipinski definition) is 3. The van der Waals surface area contributed by atoms with Crippen molar-refractivity contribution in [1.82, 2.24) is 0 Å². The number of allylic oxidation sites excluding steroid dienone is 1. The Morgan fingerprint density at radius 2 is 1.90 bits per heavy atom. The Morgan fingerprint density at radius 1 is 1.19 bits per heavy atom. The van der Waals surface area contributed by atoms with Crippen molar-refractivity contribution in [3.8, 4) is 11.5 Å². The zero-order valence-electron chi connectivity index (χ0n) is 10.8. The van der Waals surface area contributed by atoms with E-state index in [4.69, 9.17) is 21.1 Å². The van der Waals surface area contributed by atoms with Gasteiger partial charge in [0.05, 0.1) is 5.02 Å². The Labute approximate surface area is 135 Å². The molecule has 1 aliphatic rings. The van der Waals surface area contributed by atoms with Crippen LogP contribution in [-0.2, 0) is 0 Å². The fourth-order valence-corrected chi connectivity index (χ4v) is 2.66. The van der Waals surface area contributed by atoms with Gasteiger partial charge in [-0.05, 0) is 42.0 Å². The van der Waals surface area contributed by atoms with Gasteiger partial charge < -0.3 is 9.47 Å². The van der Waals surface area contributed by atoms with Crippen molar-refractivity contribution >= 4 is 39.4 Å². The van der Waals surface area contributed by atoms with Gasteiger partial charge >= 0.3 is 0 Å². The third kappa shape index (κ3) is 2.96. The molecule has 21 heavy (non-hydrogen) atoms. The van der Waals surface area contributed by atoms with E-state index in [9.17, 15) is 4.79 Å². The van der Waals surface area contributed by atoms with Gasteiger partial charge in [-0.1, -0.05) is 39.7 Å². The highest BCUT2D eigenvalue weighted by Crippen LogP contribution is 2.37. The molecule has 1 aliphatic heterocycles. The molecule has 0 aliphatic carbocycles. The van der Waals surface area contributed by atoms with Crippen LogP contribution in [0.3, 0.4) is 0 Å². The molecular formula is C16H10BrClO3. The molecule has 2 aromatic carbocycles. The van der Waals surface area contributed by atoms with Gasteiger partial charge in [-0.3, -0.25) is 4.79 Å². The minimum Gasteiger partial charge on any atom is -0.454 e. The lowest BCUT2D eigenvalue weighted by Gasteiger charge is -2.02. The highest BCUT2D eigenvalue weighted by atomic mass is 79.9. The number of halogens is 2. The molecule has 3 nitrogen and oxygen atoms in total. The summed E-state index contributed by atoms with van der Waals surface area (Å²) >= 11 is 9.45. The molecular weight excluding hydrogens is 356 g/mol. The number of carbonyl (C=O) groups excluding carboxylic acids is 1. The molecule has 0 fully saturated rings. The van der Waals surface area contributed by atoms with Crippen LogP contribution in [0.15, 0.2) is 46.9 Å². The second-order valence-electron chi connectivity index (χ2n) is 4.40. The van der Waals surface area contributed by atoms with Crippen molar-refractivity contribution in [1.29, 1.82) is 0 Å². The van der Waals surface area contributed by atoms with E-state index in [1.54, 1.807) is 30.3 Å². The van der Waals surface area contributed by atoms with Gasteiger partial charge in [0.25, 0.3) is 0 Å². The summed E-state index contributed by atoms with van der Waals surface area (Å²) in [5.41, 5.74) is 1.31. The highest BCUT2D eigenvalue weighted by molar-refractivity contribution is 9.10. The number of benzene rings is 2. The van der Waals surface area contributed by atoms with Crippen LogP contribution in [0, 0.1) is 0 Å². The van der Waals surface area contributed by atoms with Crippen molar-refractivity contribution < 1.29 is 14.3 Å². The molecule has 5 heteroatoms. The first-order valence-electron chi connectivity index (χ1n) is 6.21. The lowest BCUT2D eigenvalue weighted by Crippen LogP contribution is -1.94. The van der Waals surface area contributed by atoms with E-state index in [1.165, 1.54) is 6.08 Å². The second kappa shape index (κ2) is 5.92. The summed E-state index contributed by atoms with van der Waals surface area (Å²) in [5.74, 6) is 1.21. The molecule has 106 valence electrons. The number of hydrogen-bond donors (Lipinski definition) is 0. The largest absolute Gasteiger partial charge is 0.454 e. The quantitative estimate of drug-likeness (QED) is 0.583. The highest BCUT2D eigenvalue weighted by Gasteiger charge is 2.15. The van der Waals surface area contributed by atoms with Crippen LogP contribution in [0.1, 0.15) is 15.9 Å². The minimum absolute atomic E-state index is 0.148. The molecule has 0 radical (unpaired) electrons. The Bertz CT molecular complexity index is 740. The maximum atomic E-state index is 12.1. The summed E-state index contributed by atoms with van der Waals surface area (Å²) in [7, 11) is 0. The summed E-state index contributed by atoms with van der Waals surface area (Å²) in [6.45, 7) is 0.216. The third-order valence-electron chi connectivity index (χ3n) is 3.05. The predicted octanol–water partition coefficient (Wildman–Crippen LogP) is 4.73. The molecule has 0 spiro atoms. The Morgan fingerprint density at radius 3 is 2.67 bits per heavy atom. The summed E-state index contributed by atoms with van der Waals surface area (Å²) in [5, 5.41) is 0.442. The van der Waals surface area contributed by atoms with E-state index in [0.717, 1.165) is 10.0 Å². The number of carbonyl (C=O) groups is 1. The van der Waals surface area contributed by atoms with Gasteiger partial charge in [0.2, 0.25) is 6.79 Å². The standard InChI is InChI=1S/C16H10BrClO3/c17-12-8-16-15(20-9-21-16)7-10(12)5-6-14(19)11-3-1-2-4-13(11)18/h1-8H,9H2/b6-5+. The summed E-state index contributed by atoms with van der Waals surface area (Å²) < 4.78 is 11.4. The fraction of sp³-hybridized carbons (Fsp3) is 0.0625. The zero-order valence-corrected chi connectivity index (χ0v) is 13.1. The SMILES string of the molecule is O=C(/C=C/c1cc2c(cc1Br)OCO2)c1ccccc1Cl. The van der Waals surface area contributed by atoms with Gasteiger partial charge in [-0.25, -0.2) is 0 Å². The second-order valence-corrected chi connectivity index (χ2v) is 5.67. The molecule has 0 atom stereocenters. The van der Waals surface area contributed by atoms with Crippen LogP contribution in [-0.4, -0.2) is 12.6 Å². The molecule has 0 bridgehead atoms. The Balaban J connectivity index is 1.87. The lowest BCUT2D eigenvalue weighted by molar-refractivity contribution is 0.104. The predicted molar refractivity (Wildman–Crippen MR) is 85.1 cm³/mol. The van der Waals surface area contributed by atoms with Crippen molar-refractivity contribution in [2.24, 2.45) is 0 Å². The molecule has 0 amide bonds. The van der Waals surface area contributed by atoms with Crippen LogP contribution >= 0.6 is 27.5 Å². The van der Waals surface area contributed by atoms with Crippen LogP contribution in [0.5, 0.6) is 11.5 Å². The van der Waals surface area contributed by atoms with Crippen molar-refractivity contribution in [2.75, 3.05) is 6.79 Å². The number of ketones is 1. The average molecular weight is 366 g/mol. The monoisotopic (exact) mass is 364 g/mol. The van der Waals surface area contributed by atoms with E-state index in [0.29, 0.717) is 22.1 Å². The first-order valence-corrected chi connectivity index (χ1v) is 7.38. The van der Waals surface area contributed by atoms with Crippen LogP contribution in [0.4, 0.5) is 0 Å². The van der Waals surface area contributed by atoms with Crippen LogP contribution in [0.2, 0.25) is 5.02 Å². The van der Waals surface area contributed by atoms with Crippen LogP contribution < -0.4 is 9.47 Å². The van der Waals surface area contributed by atoms with Crippen molar-refractivity contribution in [2.45, 2.75) is 0 Å². The van der Waals surface area contributed by atoms with E-state index in [2.05, 4.69) is 15.9 Å². The molecule has 0 saturated heterocycles. The summed E-state index contributed by atoms with van der Waals surface area (Å²) in [6.07, 6.45) is 3.21. The minimum atomic E-state index is -0.148. The maximum Gasteiger partial charge on any atom is 0.231 e. The van der Waals surface area contributed by atoms with E-state index in [-0.39, 0.29) is 12.6 Å². The average Bonchev–Trinajstić information content (AvgIpc) is 2.92. The molecule has 1 heterocycles. The maximum absolute atomic E-state index is 12.1. The third-order valence-corrected chi connectivity index (χ3v) is 4.06. The molecule has 0 aromatic heterocycles. The molecule has 2 aromatic rings. The van der Waals surface area contributed by atoms with Crippen molar-refractivity contribution in [3.05, 3.63) is 63.1 Å². The van der Waals surface area contributed by atoms with Gasteiger partial charge in [0.15, 0.2) is 17.3 Å². The molecule has 0 N–H and O–H groups in total. The molecule has 0 unspecified atom stereocenters. The van der Waals surface area contributed by atoms with Gasteiger partial charge in [0.1, 0.15) is 0 Å². The van der Waals surface area contributed by atoms with Gasteiger partial charge in [-0.2, -0.15) is 0 Å². The molecule has 0 saturated carbocycles. The van der Waals surface area contributed by atoms with E-state index in [1.807, 2.05) is 12.1 Å². The fourth-order valence-electron chi connectivity index (χ4n) is 1.98. The molecule has 3 rings (SSSR count). The Kier molecular flexibility index (Phi) is 3.99. The topological polar surface area (TPSA) is 35.5 Å². The lowest BCUT2D eigenvalue weighted by atomic mass is 10.1. The van der Waals surface area contributed by atoms with Gasteiger partial charge in [0, 0.05) is 10.0 Å². The Hall–Kier alpha value is -1.78. The smallest absolute Gasteiger partial charge is 0.231 e. The first kappa shape index (κ1) is 14.2. The van der Waals surface area contributed by atoms with E-state index >= 15 is 0 Å². The number of fused-ring (bicyclic) bond motifs is 1. The summed E-state index contributed by atoms with van der Waals surface area (Å²) in [4.78, 5) is 12.1. The normalized spacial score (nSPS) is 12.9. The van der Waals surface area contributed by atoms with Gasteiger partial charge in [-0.15, -0.1) is 0 Å². The zero-order chi connectivity index (χ0) is 14.8. The summed E-state index contributed by atoms with van der Waals surface area (Å²) in [6, 6.07) is 10.6. The van der Waals surface area contributed by atoms with Crippen LogP contribution in [0.25, 0.3) is 6.08 Å². The number of rotatable bonds is 3.